The molecule has 2 aromatic carbocycles. The Morgan fingerprint density at radius 1 is 1.08 bits per heavy atom. The van der Waals surface area contributed by atoms with Crippen molar-refractivity contribution in [2.24, 2.45) is 5.10 Å². The average molecular weight is 331 g/mol. The van der Waals surface area contributed by atoms with E-state index in [0.717, 1.165) is 17.0 Å². The first-order valence-corrected chi connectivity index (χ1v) is 7.07. The monoisotopic (exact) mass is 331 g/mol. The van der Waals surface area contributed by atoms with E-state index in [0.29, 0.717) is 16.7 Å². The van der Waals surface area contributed by atoms with Gasteiger partial charge in [0.1, 0.15) is 5.82 Å². The van der Waals surface area contributed by atoms with E-state index in [1.54, 1.807) is 31.2 Å². The summed E-state index contributed by atoms with van der Waals surface area (Å²) in [6.45, 7) is 1.57. The van der Waals surface area contributed by atoms with Crippen LogP contribution in [0.25, 0.3) is 10.9 Å². The number of benzene rings is 2. The Hall–Kier alpha value is -2.96. The quantitative estimate of drug-likeness (QED) is 0.674. The molecular weight excluding hydrogens is 319 g/mol. The van der Waals surface area contributed by atoms with Gasteiger partial charge in [-0.2, -0.15) is 22.9 Å². The second kappa shape index (κ2) is 5.92. The van der Waals surface area contributed by atoms with Crippen LogP contribution in [-0.4, -0.2) is 15.9 Å². The van der Waals surface area contributed by atoms with Crippen LogP contribution in [0.2, 0.25) is 0 Å². The van der Waals surface area contributed by atoms with E-state index in [2.05, 4.69) is 10.1 Å². The fraction of sp³-hybridized carbons (Fsp3) is 0.118. The third kappa shape index (κ3) is 2.92. The molecule has 0 aliphatic heterocycles. The van der Waals surface area contributed by atoms with Crippen LogP contribution in [0.1, 0.15) is 17.0 Å². The lowest BCUT2D eigenvalue weighted by Gasteiger charge is -2.10. The van der Waals surface area contributed by atoms with Gasteiger partial charge in [0.05, 0.1) is 22.7 Å². The minimum Gasteiger partial charge on any atom is -0.267 e. The second-order valence-electron chi connectivity index (χ2n) is 5.12. The molecule has 0 saturated carbocycles. The van der Waals surface area contributed by atoms with Crippen molar-refractivity contribution in [2.45, 2.75) is 13.1 Å². The summed E-state index contributed by atoms with van der Waals surface area (Å²) in [4.78, 5) is 16.7. The molecule has 0 unspecified atom stereocenters. The Morgan fingerprint density at radius 2 is 1.75 bits per heavy atom. The van der Waals surface area contributed by atoms with Crippen molar-refractivity contribution in [3.05, 3.63) is 75.8 Å². The lowest BCUT2D eigenvalue weighted by molar-refractivity contribution is -0.137. The summed E-state index contributed by atoms with van der Waals surface area (Å²) >= 11 is 0. The van der Waals surface area contributed by atoms with Gasteiger partial charge in [0.2, 0.25) is 0 Å². The van der Waals surface area contributed by atoms with Gasteiger partial charge in [-0.25, -0.2) is 4.98 Å². The number of hydrogen-bond donors (Lipinski definition) is 0. The predicted octanol–water partition coefficient (Wildman–Crippen LogP) is 3.61. The molecule has 0 aliphatic rings. The number of alkyl halides is 3. The van der Waals surface area contributed by atoms with Gasteiger partial charge in [-0.15, -0.1) is 0 Å². The lowest BCUT2D eigenvalue weighted by atomic mass is 10.1. The highest BCUT2D eigenvalue weighted by Gasteiger charge is 2.32. The first-order chi connectivity index (χ1) is 11.4. The van der Waals surface area contributed by atoms with Gasteiger partial charge in [-0.3, -0.25) is 4.79 Å². The molecule has 1 heterocycles. The molecule has 3 aromatic rings. The zero-order valence-electron chi connectivity index (χ0n) is 12.6. The molecule has 0 N–H and O–H groups in total. The summed E-state index contributed by atoms with van der Waals surface area (Å²) in [6, 6.07) is 11.8. The van der Waals surface area contributed by atoms with E-state index in [1.165, 1.54) is 18.2 Å². The normalized spacial score (nSPS) is 12.2. The maximum atomic E-state index is 13.0. The van der Waals surface area contributed by atoms with Gasteiger partial charge in [0.25, 0.3) is 5.56 Å². The minimum absolute atomic E-state index is 0.121. The number of aryl methyl sites for hydroxylation is 1. The molecule has 3 rings (SSSR count). The maximum absolute atomic E-state index is 13.0. The van der Waals surface area contributed by atoms with Crippen LogP contribution in [0.5, 0.6) is 0 Å². The van der Waals surface area contributed by atoms with E-state index in [-0.39, 0.29) is 5.56 Å². The van der Waals surface area contributed by atoms with E-state index >= 15 is 0 Å². The third-order valence-electron chi connectivity index (χ3n) is 3.49. The molecule has 0 amide bonds. The average Bonchev–Trinajstić information content (AvgIpc) is 2.54. The van der Waals surface area contributed by atoms with Crippen molar-refractivity contribution < 1.29 is 13.2 Å². The number of nitrogens with zero attached hydrogens (tertiary/aromatic N) is 3. The molecule has 0 spiro atoms. The van der Waals surface area contributed by atoms with Crippen LogP contribution in [0.15, 0.2) is 58.4 Å². The summed E-state index contributed by atoms with van der Waals surface area (Å²) in [5.41, 5.74) is -0.848. The zero-order chi connectivity index (χ0) is 17.3. The molecular formula is C17H12F3N3O. The smallest absolute Gasteiger partial charge is 0.267 e. The maximum Gasteiger partial charge on any atom is 0.417 e. The number of aromatic nitrogens is 2. The van der Waals surface area contributed by atoms with Gasteiger partial charge >= 0.3 is 6.18 Å². The van der Waals surface area contributed by atoms with Crippen LogP contribution in [-0.2, 0) is 6.18 Å². The lowest BCUT2D eigenvalue weighted by Crippen LogP contribution is -2.20. The molecule has 7 heteroatoms. The summed E-state index contributed by atoms with van der Waals surface area (Å²) in [7, 11) is 0. The summed E-state index contributed by atoms with van der Waals surface area (Å²) in [6.07, 6.45) is -3.47. The molecule has 122 valence electrons. The van der Waals surface area contributed by atoms with Crippen LogP contribution in [0.3, 0.4) is 0 Å². The summed E-state index contributed by atoms with van der Waals surface area (Å²) < 4.78 is 40.0. The second-order valence-corrected chi connectivity index (χ2v) is 5.12. The molecule has 0 radical (unpaired) electrons. The van der Waals surface area contributed by atoms with Crippen LogP contribution in [0, 0.1) is 6.92 Å². The topological polar surface area (TPSA) is 47.2 Å². The highest BCUT2D eigenvalue weighted by molar-refractivity contribution is 5.82. The van der Waals surface area contributed by atoms with Gasteiger partial charge < -0.3 is 0 Å². The fourth-order valence-electron chi connectivity index (χ4n) is 2.36. The Balaban J connectivity index is 2.12. The Morgan fingerprint density at radius 3 is 2.50 bits per heavy atom. The van der Waals surface area contributed by atoms with Crippen molar-refractivity contribution in [3.63, 3.8) is 0 Å². The van der Waals surface area contributed by atoms with Gasteiger partial charge in [-0.05, 0) is 25.1 Å². The van der Waals surface area contributed by atoms with Crippen LogP contribution < -0.4 is 5.56 Å². The van der Waals surface area contributed by atoms with Gasteiger partial charge in [0.15, 0.2) is 0 Å². The molecule has 4 nitrogen and oxygen atoms in total. The minimum atomic E-state index is -4.50. The summed E-state index contributed by atoms with van der Waals surface area (Å²) in [5, 5.41) is 4.27. The van der Waals surface area contributed by atoms with Crippen molar-refractivity contribution in [2.75, 3.05) is 0 Å². The molecule has 24 heavy (non-hydrogen) atoms. The molecule has 0 saturated heterocycles. The Labute approximate surface area is 134 Å². The Bertz CT molecular complexity index is 990. The first kappa shape index (κ1) is 15.9. The van der Waals surface area contributed by atoms with Crippen LogP contribution in [0.4, 0.5) is 13.2 Å². The highest BCUT2D eigenvalue weighted by atomic mass is 19.4. The molecule has 1 aromatic heterocycles. The molecule has 0 atom stereocenters. The number of para-hydroxylation sites is 1. The number of hydrogen-bond acceptors (Lipinski definition) is 3. The first-order valence-electron chi connectivity index (χ1n) is 7.07. The fourth-order valence-corrected chi connectivity index (χ4v) is 2.36. The van der Waals surface area contributed by atoms with Crippen molar-refractivity contribution in [3.8, 4) is 0 Å². The van der Waals surface area contributed by atoms with E-state index in [1.807, 2.05) is 0 Å². The summed E-state index contributed by atoms with van der Waals surface area (Å²) in [5.74, 6) is 0.291. The molecule has 0 bridgehead atoms. The Kier molecular flexibility index (Phi) is 3.92. The van der Waals surface area contributed by atoms with E-state index < -0.39 is 17.3 Å². The van der Waals surface area contributed by atoms with E-state index in [9.17, 15) is 18.0 Å². The number of rotatable bonds is 2. The number of halogens is 3. The van der Waals surface area contributed by atoms with Crippen LogP contribution >= 0.6 is 0 Å². The predicted molar refractivity (Wildman–Crippen MR) is 85.2 cm³/mol. The molecule has 0 fully saturated rings. The van der Waals surface area contributed by atoms with Gasteiger partial charge in [0, 0.05) is 5.56 Å². The highest BCUT2D eigenvalue weighted by Crippen LogP contribution is 2.31. The van der Waals surface area contributed by atoms with Crippen molar-refractivity contribution >= 4 is 17.1 Å². The van der Waals surface area contributed by atoms with Gasteiger partial charge in [-0.1, -0.05) is 30.3 Å². The van der Waals surface area contributed by atoms with Crippen molar-refractivity contribution in [1.82, 2.24) is 9.66 Å². The number of fused-ring (bicyclic) bond motifs is 1. The standard InChI is InChI=1S/C17H12F3N3O/c1-11-22-15-9-5-3-7-13(15)16(24)23(11)21-10-12-6-2-4-8-14(12)17(18,19)20/h2-10H,1H3/b21-10+. The zero-order valence-corrected chi connectivity index (χ0v) is 12.6. The third-order valence-corrected chi connectivity index (χ3v) is 3.49. The van der Waals surface area contributed by atoms with E-state index in [4.69, 9.17) is 0 Å². The largest absolute Gasteiger partial charge is 0.417 e. The SMILES string of the molecule is Cc1nc2ccccc2c(=O)n1/N=C/c1ccccc1C(F)(F)F. The van der Waals surface area contributed by atoms with Crippen molar-refractivity contribution in [1.29, 1.82) is 0 Å². The molecule has 0 aliphatic carbocycles.